The van der Waals surface area contributed by atoms with E-state index in [0.29, 0.717) is 35.8 Å². The summed E-state index contributed by atoms with van der Waals surface area (Å²) in [6.07, 6.45) is 5.70. The highest BCUT2D eigenvalue weighted by atomic mass is 16.8. The van der Waals surface area contributed by atoms with Gasteiger partial charge < -0.3 is 14.5 Å². The number of fused-ring (bicyclic) bond motifs is 1. The minimum Gasteiger partial charge on any atom is -0.493 e. The summed E-state index contributed by atoms with van der Waals surface area (Å²) in [5, 5.41) is 4.52. The Hall–Kier alpha value is -3.24. The fourth-order valence-corrected chi connectivity index (χ4v) is 5.05. The Kier molecular flexibility index (Phi) is 7.57. The van der Waals surface area contributed by atoms with Crippen LogP contribution in [0.4, 0.5) is 0 Å². The lowest BCUT2D eigenvalue weighted by molar-refractivity contribution is -0.201. The first-order valence-electron chi connectivity index (χ1n) is 13.3. The molecule has 1 saturated carbocycles. The topological polar surface area (TPSA) is 120 Å². The Morgan fingerprint density at radius 2 is 2.16 bits per heavy atom. The lowest BCUT2D eigenvalue weighted by atomic mass is 10.0. The van der Waals surface area contributed by atoms with Gasteiger partial charge in [0.25, 0.3) is 5.56 Å². The first-order chi connectivity index (χ1) is 18.0. The van der Waals surface area contributed by atoms with Crippen LogP contribution in [0.15, 0.2) is 23.0 Å². The van der Waals surface area contributed by atoms with Gasteiger partial charge in [0, 0.05) is 26.0 Å². The molecule has 10 heteroatoms. The van der Waals surface area contributed by atoms with Crippen LogP contribution in [0.25, 0.3) is 22.4 Å². The van der Waals surface area contributed by atoms with Gasteiger partial charge in [0.1, 0.15) is 17.1 Å². The summed E-state index contributed by atoms with van der Waals surface area (Å²) in [4.78, 5) is 38.8. The number of hydroxylamine groups is 1. The van der Waals surface area contributed by atoms with Gasteiger partial charge in [-0.05, 0) is 62.6 Å². The molecule has 5 rings (SSSR count). The fourth-order valence-electron chi connectivity index (χ4n) is 5.05. The van der Waals surface area contributed by atoms with Crippen molar-refractivity contribution in [2.24, 2.45) is 18.9 Å². The monoisotopic (exact) mass is 509 g/mol. The molecule has 2 aromatic heterocycles. The number of aromatic nitrogens is 4. The van der Waals surface area contributed by atoms with E-state index in [9.17, 15) is 9.59 Å². The van der Waals surface area contributed by atoms with Crippen molar-refractivity contribution in [2.45, 2.75) is 65.1 Å². The van der Waals surface area contributed by atoms with Crippen LogP contribution in [-0.2, 0) is 34.3 Å². The predicted molar refractivity (Wildman–Crippen MR) is 138 cm³/mol. The largest absolute Gasteiger partial charge is 0.493 e. The van der Waals surface area contributed by atoms with Crippen molar-refractivity contribution in [1.82, 2.24) is 25.2 Å². The molecule has 1 aliphatic carbocycles. The number of H-pyrrole nitrogens is 1. The molecule has 0 bridgehead atoms. The molecule has 2 aliphatic rings. The van der Waals surface area contributed by atoms with Crippen LogP contribution < -0.4 is 15.8 Å². The van der Waals surface area contributed by atoms with Crippen LogP contribution in [0, 0.1) is 11.8 Å². The Morgan fingerprint density at radius 3 is 2.92 bits per heavy atom. The Balaban J connectivity index is 1.34. The number of rotatable bonds is 10. The number of nitrogens with zero attached hydrogens (tertiary/aromatic N) is 3. The molecule has 10 nitrogen and oxygen atoms in total. The zero-order valence-electron chi connectivity index (χ0n) is 21.7. The lowest BCUT2D eigenvalue weighted by Gasteiger charge is -2.22. The van der Waals surface area contributed by atoms with Gasteiger partial charge in [-0.15, -0.1) is 0 Å². The summed E-state index contributed by atoms with van der Waals surface area (Å²) in [6, 6.07) is 5.93. The van der Waals surface area contributed by atoms with E-state index < -0.39 is 0 Å². The highest BCUT2D eigenvalue weighted by Gasteiger charge is 2.43. The Morgan fingerprint density at radius 1 is 1.30 bits per heavy atom. The summed E-state index contributed by atoms with van der Waals surface area (Å²) in [6.45, 7) is 5.15. The van der Waals surface area contributed by atoms with Crippen LogP contribution in [0.2, 0.25) is 0 Å². The fraction of sp³-hybridized carbons (Fsp3) is 0.556. The van der Waals surface area contributed by atoms with E-state index in [1.165, 1.54) is 0 Å². The molecule has 2 N–H and O–H groups in total. The van der Waals surface area contributed by atoms with Crippen molar-refractivity contribution < 1.29 is 19.1 Å². The van der Waals surface area contributed by atoms with Crippen molar-refractivity contribution in [2.75, 3.05) is 13.2 Å². The van der Waals surface area contributed by atoms with E-state index in [0.717, 1.165) is 61.8 Å². The summed E-state index contributed by atoms with van der Waals surface area (Å²) in [5.74, 6) is 1.16. The smallest absolute Gasteiger partial charge is 0.277 e. The van der Waals surface area contributed by atoms with Crippen LogP contribution in [0.1, 0.15) is 57.2 Å². The van der Waals surface area contributed by atoms with Gasteiger partial charge >= 0.3 is 0 Å². The van der Waals surface area contributed by atoms with E-state index >= 15 is 0 Å². The maximum Gasteiger partial charge on any atom is 0.277 e. The van der Waals surface area contributed by atoms with Crippen molar-refractivity contribution in [1.29, 1.82) is 0 Å². The predicted octanol–water partition coefficient (Wildman–Crippen LogP) is 3.43. The number of amides is 1. The zero-order valence-corrected chi connectivity index (χ0v) is 21.7. The molecule has 0 spiro atoms. The SMILES string of the molecule is CCCc1nn(C)c2c(=O)[nH]c(-c3cc(CC4CC4C(=O)NOC4CCCCO4)ccc3OCC)nc12. The molecule has 3 atom stereocenters. The van der Waals surface area contributed by atoms with Gasteiger partial charge in [0.05, 0.1) is 17.9 Å². The molecule has 1 aliphatic heterocycles. The quantitative estimate of drug-likeness (QED) is 0.402. The first-order valence-corrected chi connectivity index (χ1v) is 13.3. The third kappa shape index (κ3) is 5.55. The average Bonchev–Trinajstić information content (AvgIpc) is 3.59. The van der Waals surface area contributed by atoms with Crippen molar-refractivity contribution in [3.8, 4) is 17.1 Å². The minimum absolute atomic E-state index is 0.0834. The maximum atomic E-state index is 13.0. The molecule has 1 saturated heterocycles. The molecule has 198 valence electrons. The first kappa shape index (κ1) is 25.4. The molecule has 1 aromatic carbocycles. The highest BCUT2D eigenvalue weighted by Crippen LogP contribution is 2.42. The van der Waals surface area contributed by atoms with Gasteiger partial charge in [-0.3, -0.25) is 14.3 Å². The maximum absolute atomic E-state index is 13.0. The van der Waals surface area contributed by atoms with Gasteiger partial charge in [-0.2, -0.15) is 5.10 Å². The Bertz CT molecular complexity index is 1330. The number of aromatic amines is 1. The summed E-state index contributed by atoms with van der Waals surface area (Å²) >= 11 is 0. The summed E-state index contributed by atoms with van der Waals surface area (Å²) in [5.41, 5.74) is 6.04. The number of nitrogens with one attached hydrogen (secondary N) is 2. The summed E-state index contributed by atoms with van der Waals surface area (Å²) in [7, 11) is 1.76. The number of aryl methyl sites for hydroxylation is 2. The van der Waals surface area contributed by atoms with Crippen molar-refractivity contribution in [3.05, 3.63) is 39.8 Å². The van der Waals surface area contributed by atoms with Crippen molar-refractivity contribution >= 4 is 16.9 Å². The van der Waals surface area contributed by atoms with E-state index in [1.54, 1.807) is 11.7 Å². The number of benzene rings is 1. The molecule has 1 amide bonds. The van der Waals surface area contributed by atoms with Crippen LogP contribution in [0.5, 0.6) is 5.75 Å². The molecule has 2 fully saturated rings. The second-order valence-electron chi connectivity index (χ2n) is 9.88. The summed E-state index contributed by atoms with van der Waals surface area (Å²) < 4.78 is 13.0. The number of carbonyl (C=O) groups excluding carboxylic acids is 1. The normalized spacial score (nSPS) is 21.2. The molecule has 3 aromatic rings. The number of hydrogen-bond acceptors (Lipinski definition) is 7. The van der Waals surface area contributed by atoms with E-state index in [-0.39, 0.29) is 29.6 Å². The van der Waals surface area contributed by atoms with Gasteiger partial charge in [-0.1, -0.05) is 19.4 Å². The van der Waals surface area contributed by atoms with Crippen LogP contribution in [0.3, 0.4) is 0 Å². The molecule has 37 heavy (non-hydrogen) atoms. The molecule has 3 heterocycles. The molecule has 3 unspecified atom stereocenters. The highest BCUT2D eigenvalue weighted by molar-refractivity contribution is 5.81. The van der Waals surface area contributed by atoms with Crippen LogP contribution >= 0.6 is 0 Å². The van der Waals surface area contributed by atoms with Crippen molar-refractivity contribution in [3.63, 3.8) is 0 Å². The molecule has 0 radical (unpaired) electrons. The Labute approximate surface area is 215 Å². The van der Waals surface area contributed by atoms with Gasteiger partial charge in [0.2, 0.25) is 5.91 Å². The third-order valence-corrected chi connectivity index (χ3v) is 7.03. The van der Waals surface area contributed by atoms with Gasteiger partial charge in [0.15, 0.2) is 11.8 Å². The van der Waals surface area contributed by atoms with E-state index in [1.807, 2.05) is 25.1 Å². The standard InChI is InChI=1S/C27H35N5O5/c1-4-8-20-23-24(32(3)30-20)27(34)29-25(28-23)19-14-16(10-11-21(19)35-5-2)13-17-15-18(17)26(33)31-37-22-9-6-7-12-36-22/h10-11,14,17-18,22H,4-9,12-13,15H2,1-3H3,(H,31,33)(H,28,29,34). The number of carbonyl (C=O) groups is 1. The molecular weight excluding hydrogens is 474 g/mol. The number of ether oxygens (including phenoxy) is 2. The second kappa shape index (κ2) is 11.0. The zero-order chi connectivity index (χ0) is 25.9. The van der Waals surface area contributed by atoms with E-state index in [2.05, 4.69) is 22.5 Å². The number of hydrogen-bond donors (Lipinski definition) is 2. The minimum atomic E-state index is -0.354. The average molecular weight is 510 g/mol. The van der Waals surface area contributed by atoms with E-state index in [4.69, 9.17) is 19.3 Å². The van der Waals surface area contributed by atoms with Crippen LogP contribution in [-0.4, -0.2) is 45.2 Å². The second-order valence-corrected chi connectivity index (χ2v) is 9.88. The van der Waals surface area contributed by atoms with Gasteiger partial charge in [-0.25, -0.2) is 15.3 Å². The lowest BCUT2D eigenvalue weighted by Crippen LogP contribution is -2.34. The third-order valence-electron chi connectivity index (χ3n) is 7.03. The molecular formula is C27H35N5O5.